The van der Waals surface area contributed by atoms with Gasteiger partial charge < -0.3 is 4.57 Å². The van der Waals surface area contributed by atoms with Gasteiger partial charge >= 0.3 is 0 Å². The Morgan fingerprint density at radius 3 is 2.44 bits per heavy atom. The van der Waals surface area contributed by atoms with Crippen LogP contribution in [0.1, 0.15) is 43.6 Å². The molecule has 0 radical (unpaired) electrons. The highest BCUT2D eigenvalue weighted by atomic mass is 32.1. The molecule has 1 aliphatic rings. The molecule has 0 unspecified atom stereocenters. The average molecular weight is 370 g/mol. The third-order valence-corrected chi connectivity index (χ3v) is 7.79. The number of hydrogen-bond acceptors (Lipinski definition) is 1. The molecule has 27 heavy (non-hydrogen) atoms. The van der Waals surface area contributed by atoms with Gasteiger partial charge in [0.2, 0.25) is 0 Å². The molecule has 134 valence electrons. The minimum absolute atomic E-state index is 0.701. The zero-order valence-corrected chi connectivity index (χ0v) is 16.5. The maximum Gasteiger partial charge on any atom is 0.0538 e. The summed E-state index contributed by atoms with van der Waals surface area (Å²) in [6.45, 7) is 0. The fourth-order valence-corrected chi connectivity index (χ4v) is 6.55. The van der Waals surface area contributed by atoms with E-state index in [0.717, 1.165) is 0 Å². The smallest absolute Gasteiger partial charge is 0.0538 e. The van der Waals surface area contributed by atoms with Crippen LogP contribution >= 0.6 is 11.3 Å². The van der Waals surface area contributed by atoms with E-state index in [-0.39, 0.29) is 0 Å². The lowest BCUT2D eigenvalue weighted by Crippen LogP contribution is -2.06. The van der Waals surface area contributed by atoms with E-state index in [1.807, 2.05) is 11.3 Å². The minimum Gasteiger partial charge on any atom is -0.343 e. The molecular weight excluding hydrogens is 346 g/mol. The summed E-state index contributed by atoms with van der Waals surface area (Å²) in [5.74, 6) is 0.701. The number of fused-ring (bicyclic) bond motifs is 7. The van der Waals surface area contributed by atoms with Crippen LogP contribution in [0.5, 0.6) is 0 Å². The number of para-hydroxylation sites is 1. The molecule has 5 aromatic rings. The van der Waals surface area contributed by atoms with E-state index in [9.17, 15) is 0 Å². The summed E-state index contributed by atoms with van der Waals surface area (Å²) in [6.07, 6.45) is 6.82. The predicted molar refractivity (Wildman–Crippen MR) is 119 cm³/mol. The summed E-state index contributed by atoms with van der Waals surface area (Å²) in [5, 5.41) is 5.76. The SMILES string of the molecule is Cn1c2ccccc2c2c3sc4ccccc4c3cc(C3CCCCC3)c21. The van der Waals surface area contributed by atoms with Crippen molar-refractivity contribution >= 4 is 53.3 Å². The molecule has 1 fully saturated rings. The molecule has 2 aromatic heterocycles. The van der Waals surface area contributed by atoms with Crippen LogP contribution in [0.25, 0.3) is 42.0 Å². The highest BCUT2D eigenvalue weighted by molar-refractivity contribution is 7.26. The predicted octanol–water partition coefficient (Wildman–Crippen LogP) is 7.75. The van der Waals surface area contributed by atoms with E-state index in [0.29, 0.717) is 5.92 Å². The van der Waals surface area contributed by atoms with E-state index in [1.54, 1.807) is 5.56 Å². The molecule has 0 atom stereocenters. The van der Waals surface area contributed by atoms with Gasteiger partial charge in [-0.05, 0) is 42.5 Å². The number of benzene rings is 3. The lowest BCUT2D eigenvalue weighted by molar-refractivity contribution is 0.445. The van der Waals surface area contributed by atoms with Gasteiger partial charge in [-0.25, -0.2) is 0 Å². The Morgan fingerprint density at radius 2 is 1.59 bits per heavy atom. The van der Waals surface area contributed by atoms with Crippen molar-refractivity contribution in [1.29, 1.82) is 0 Å². The van der Waals surface area contributed by atoms with Gasteiger partial charge in [-0.15, -0.1) is 11.3 Å². The van der Waals surface area contributed by atoms with Crippen molar-refractivity contribution in [3.8, 4) is 0 Å². The minimum atomic E-state index is 0.701. The van der Waals surface area contributed by atoms with Crippen LogP contribution in [-0.2, 0) is 7.05 Å². The van der Waals surface area contributed by atoms with E-state index in [2.05, 4.69) is 66.2 Å². The highest BCUT2D eigenvalue weighted by Crippen LogP contribution is 2.47. The Labute approximate surface area is 163 Å². The second-order valence-electron chi connectivity index (χ2n) is 8.08. The highest BCUT2D eigenvalue weighted by Gasteiger charge is 2.24. The van der Waals surface area contributed by atoms with Crippen LogP contribution in [0.3, 0.4) is 0 Å². The Bertz CT molecular complexity index is 1310. The first kappa shape index (κ1) is 15.7. The monoisotopic (exact) mass is 369 g/mol. The van der Waals surface area contributed by atoms with Crippen LogP contribution in [-0.4, -0.2) is 4.57 Å². The topological polar surface area (TPSA) is 4.93 Å². The largest absolute Gasteiger partial charge is 0.343 e. The van der Waals surface area contributed by atoms with Crippen LogP contribution in [0.4, 0.5) is 0 Å². The Hall–Kier alpha value is -2.32. The Balaban J connectivity index is 1.85. The second-order valence-corrected chi connectivity index (χ2v) is 9.13. The molecule has 1 saturated carbocycles. The Morgan fingerprint density at radius 1 is 0.852 bits per heavy atom. The van der Waals surface area contributed by atoms with E-state index < -0.39 is 0 Å². The second kappa shape index (κ2) is 5.84. The van der Waals surface area contributed by atoms with E-state index in [4.69, 9.17) is 0 Å². The standard InChI is InChI=1S/C25H23NS/c1-26-21-13-7-5-12-18(21)23-24(26)19(16-9-3-2-4-10-16)15-20-17-11-6-8-14-22(17)27-25(20)23/h5-8,11-16H,2-4,9-10H2,1H3. The summed E-state index contributed by atoms with van der Waals surface area (Å²) < 4.78 is 5.32. The van der Waals surface area contributed by atoms with Gasteiger partial charge in [0.15, 0.2) is 0 Å². The van der Waals surface area contributed by atoms with Gasteiger partial charge in [0, 0.05) is 43.5 Å². The third kappa shape index (κ3) is 2.17. The van der Waals surface area contributed by atoms with Crippen LogP contribution in [0.15, 0.2) is 54.6 Å². The van der Waals surface area contributed by atoms with Crippen molar-refractivity contribution in [1.82, 2.24) is 4.57 Å². The number of rotatable bonds is 1. The molecule has 2 heterocycles. The number of aromatic nitrogens is 1. The van der Waals surface area contributed by atoms with Crippen molar-refractivity contribution in [3.63, 3.8) is 0 Å². The first-order chi connectivity index (χ1) is 13.3. The Kier molecular flexibility index (Phi) is 3.40. The van der Waals surface area contributed by atoms with Crippen molar-refractivity contribution in [2.45, 2.75) is 38.0 Å². The first-order valence-electron chi connectivity index (χ1n) is 10.1. The maximum absolute atomic E-state index is 2.55. The third-order valence-electron chi connectivity index (χ3n) is 6.59. The van der Waals surface area contributed by atoms with E-state index in [1.165, 1.54) is 74.1 Å². The molecule has 1 aliphatic carbocycles. The quantitative estimate of drug-likeness (QED) is 0.285. The molecule has 6 rings (SSSR count). The summed E-state index contributed by atoms with van der Waals surface area (Å²) in [5.41, 5.74) is 4.41. The van der Waals surface area contributed by atoms with Crippen LogP contribution < -0.4 is 0 Å². The van der Waals surface area contributed by atoms with Crippen molar-refractivity contribution < 1.29 is 0 Å². The van der Waals surface area contributed by atoms with Gasteiger partial charge in [-0.1, -0.05) is 55.7 Å². The fourth-order valence-electron chi connectivity index (χ4n) is 5.30. The fraction of sp³-hybridized carbons (Fsp3) is 0.280. The molecular formula is C25H23NS. The van der Waals surface area contributed by atoms with E-state index >= 15 is 0 Å². The zero-order chi connectivity index (χ0) is 18.0. The number of hydrogen-bond donors (Lipinski definition) is 0. The summed E-state index contributed by atoms with van der Waals surface area (Å²) in [6, 6.07) is 20.4. The van der Waals surface area contributed by atoms with Crippen LogP contribution in [0.2, 0.25) is 0 Å². The molecule has 2 heteroatoms. The number of aryl methyl sites for hydroxylation is 1. The molecule has 3 aromatic carbocycles. The van der Waals surface area contributed by atoms with Crippen molar-refractivity contribution in [2.75, 3.05) is 0 Å². The normalized spacial score (nSPS) is 16.2. The number of thiophene rings is 1. The number of nitrogens with zero attached hydrogens (tertiary/aromatic N) is 1. The molecule has 0 N–H and O–H groups in total. The average Bonchev–Trinajstić information content (AvgIpc) is 3.24. The summed E-state index contributed by atoms with van der Waals surface area (Å²) in [4.78, 5) is 0. The van der Waals surface area contributed by atoms with Crippen molar-refractivity contribution in [3.05, 3.63) is 60.2 Å². The van der Waals surface area contributed by atoms with Crippen molar-refractivity contribution in [2.24, 2.45) is 7.05 Å². The molecule has 1 nitrogen and oxygen atoms in total. The van der Waals surface area contributed by atoms with Crippen LogP contribution in [0, 0.1) is 0 Å². The lowest BCUT2D eigenvalue weighted by Gasteiger charge is -2.23. The van der Waals surface area contributed by atoms with Gasteiger partial charge in [-0.2, -0.15) is 0 Å². The molecule has 0 saturated heterocycles. The molecule has 0 bridgehead atoms. The molecule has 0 spiro atoms. The molecule has 0 aliphatic heterocycles. The lowest BCUT2D eigenvalue weighted by atomic mass is 9.82. The maximum atomic E-state index is 2.55. The van der Waals surface area contributed by atoms with Gasteiger partial charge in [0.1, 0.15) is 0 Å². The zero-order valence-electron chi connectivity index (χ0n) is 15.7. The van der Waals surface area contributed by atoms with Gasteiger partial charge in [0.25, 0.3) is 0 Å². The van der Waals surface area contributed by atoms with Gasteiger partial charge in [0.05, 0.1) is 5.52 Å². The summed E-state index contributed by atoms with van der Waals surface area (Å²) in [7, 11) is 2.26. The first-order valence-corrected chi connectivity index (χ1v) is 11.0. The summed E-state index contributed by atoms with van der Waals surface area (Å²) >= 11 is 1.96. The molecule has 0 amide bonds. The van der Waals surface area contributed by atoms with Gasteiger partial charge in [-0.3, -0.25) is 0 Å².